The summed E-state index contributed by atoms with van der Waals surface area (Å²) in [6, 6.07) is -0.0765. The molecule has 1 heterocycles. The number of carbonyl (C=O) groups excluding carboxylic acids is 1. The highest BCUT2D eigenvalue weighted by Crippen LogP contribution is 2.29. The van der Waals surface area contributed by atoms with Crippen LogP contribution in [0.15, 0.2) is 12.2 Å². The summed E-state index contributed by atoms with van der Waals surface area (Å²) in [4.78, 5) is 13.9. The maximum atomic E-state index is 12.2. The van der Waals surface area contributed by atoms with Crippen molar-refractivity contribution in [2.24, 2.45) is 0 Å². The Balaban J connectivity index is 2.85. The molecule has 0 radical (unpaired) electrons. The molecule has 0 spiro atoms. The zero-order valence-corrected chi connectivity index (χ0v) is 13.3. The fraction of sp³-hybridized carbons (Fsp3) is 0.769. The molecule has 1 amide bonds. The van der Waals surface area contributed by atoms with Crippen LogP contribution in [0.2, 0.25) is 0 Å². The van der Waals surface area contributed by atoms with Crippen molar-refractivity contribution in [2.75, 3.05) is 11.9 Å². The SMILES string of the molecule is CC(C)(C)OC(=O)N1[C@H](/C=C\CBr)COC1(C)C. The predicted molar refractivity (Wildman–Crippen MR) is 74.8 cm³/mol. The van der Waals surface area contributed by atoms with Crippen LogP contribution >= 0.6 is 15.9 Å². The van der Waals surface area contributed by atoms with Gasteiger partial charge in [-0.2, -0.15) is 0 Å². The molecule has 1 saturated heterocycles. The number of nitrogens with zero attached hydrogens (tertiary/aromatic N) is 1. The summed E-state index contributed by atoms with van der Waals surface area (Å²) < 4.78 is 11.1. The molecular formula is C13H22BrNO3. The summed E-state index contributed by atoms with van der Waals surface area (Å²) in [5.41, 5.74) is -1.14. The van der Waals surface area contributed by atoms with Gasteiger partial charge in [0.25, 0.3) is 0 Å². The first-order chi connectivity index (χ1) is 8.17. The first-order valence-corrected chi connectivity index (χ1v) is 7.18. The van der Waals surface area contributed by atoms with Crippen LogP contribution in [0.5, 0.6) is 0 Å². The maximum Gasteiger partial charge on any atom is 0.413 e. The second kappa shape index (κ2) is 5.61. The Hall–Kier alpha value is -0.550. The molecule has 0 aromatic rings. The van der Waals surface area contributed by atoms with E-state index in [1.807, 2.05) is 46.8 Å². The summed E-state index contributed by atoms with van der Waals surface area (Å²) in [5.74, 6) is 0. The van der Waals surface area contributed by atoms with E-state index in [2.05, 4.69) is 15.9 Å². The van der Waals surface area contributed by atoms with Crippen LogP contribution in [0.1, 0.15) is 34.6 Å². The molecule has 0 saturated carbocycles. The maximum absolute atomic E-state index is 12.2. The Kier molecular flexibility index (Phi) is 4.84. The fourth-order valence-electron chi connectivity index (χ4n) is 1.85. The molecule has 104 valence electrons. The number of amides is 1. The molecule has 5 heteroatoms. The van der Waals surface area contributed by atoms with Gasteiger partial charge in [-0.1, -0.05) is 28.1 Å². The standard InChI is InChI=1S/C13H22BrNO3/c1-12(2,3)18-11(16)15-10(7-6-8-14)9-17-13(15,4)5/h6-7,10H,8-9H2,1-5H3/b7-6-/t10-/m1/s1. The van der Waals surface area contributed by atoms with Crippen molar-refractivity contribution in [3.8, 4) is 0 Å². The van der Waals surface area contributed by atoms with E-state index in [1.54, 1.807) is 4.90 Å². The average molecular weight is 320 g/mol. The number of hydrogen-bond acceptors (Lipinski definition) is 3. The minimum atomic E-state index is -0.635. The molecule has 1 fully saturated rings. The molecule has 0 unspecified atom stereocenters. The monoisotopic (exact) mass is 319 g/mol. The molecule has 0 aromatic carbocycles. The van der Waals surface area contributed by atoms with E-state index >= 15 is 0 Å². The summed E-state index contributed by atoms with van der Waals surface area (Å²) >= 11 is 3.33. The van der Waals surface area contributed by atoms with E-state index in [4.69, 9.17) is 9.47 Å². The molecule has 0 bridgehead atoms. The van der Waals surface area contributed by atoms with Gasteiger partial charge in [0.2, 0.25) is 0 Å². The summed E-state index contributed by atoms with van der Waals surface area (Å²) in [5, 5.41) is 0.756. The highest BCUT2D eigenvalue weighted by Gasteiger charge is 2.44. The van der Waals surface area contributed by atoms with E-state index in [0.717, 1.165) is 5.33 Å². The molecule has 18 heavy (non-hydrogen) atoms. The Bertz CT molecular complexity index is 334. The van der Waals surface area contributed by atoms with E-state index in [9.17, 15) is 4.79 Å². The van der Waals surface area contributed by atoms with E-state index < -0.39 is 11.3 Å². The number of allylic oxidation sites excluding steroid dienone is 1. The van der Waals surface area contributed by atoms with Crippen LogP contribution in [-0.2, 0) is 9.47 Å². The van der Waals surface area contributed by atoms with E-state index in [1.165, 1.54) is 0 Å². The van der Waals surface area contributed by atoms with Crippen LogP contribution in [-0.4, -0.2) is 40.3 Å². The van der Waals surface area contributed by atoms with Gasteiger partial charge in [-0.05, 0) is 34.6 Å². The molecule has 0 aromatic heterocycles. The van der Waals surface area contributed by atoms with Crippen LogP contribution in [0.4, 0.5) is 4.79 Å². The predicted octanol–water partition coefficient (Wildman–Crippen LogP) is 3.31. The zero-order valence-electron chi connectivity index (χ0n) is 11.7. The van der Waals surface area contributed by atoms with Crippen molar-refractivity contribution in [3.63, 3.8) is 0 Å². The highest BCUT2D eigenvalue weighted by atomic mass is 79.9. The minimum absolute atomic E-state index is 0.0765. The van der Waals surface area contributed by atoms with Crippen molar-refractivity contribution in [1.29, 1.82) is 0 Å². The van der Waals surface area contributed by atoms with Gasteiger partial charge in [0.05, 0.1) is 12.6 Å². The van der Waals surface area contributed by atoms with Gasteiger partial charge in [0.1, 0.15) is 11.3 Å². The zero-order chi connectivity index (χ0) is 14.0. The Morgan fingerprint density at radius 1 is 1.56 bits per heavy atom. The van der Waals surface area contributed by atoms with Gasteiger partial charge in [0, 0.05) is 5.33 Å². The summed E-state index contributed by atoms with van der Waals surface area (Å²) in [7, 11) is 0. The largest absolute Gasteiger partial charge is 0.444 e. The highest BCUT2D eigenvalue weighted by molar-refractivity contribution is 9.09. The topological polar surface area (TPSA) is 38.8 Å². The first-order valence-electron chi connectivity index (χ1n) is 6.06. The molecule has 1 rings (SSSR count). The smallest absolute Gasteiger partial charge is 0.413 e. The number of carbonyl (C=O) groups is 1. The molecule has 1 aliphatic heterocycles. The summed E-state index contributed by atoms with van der Waals surface area (Å²) in [6.07, 6.45) is 3.59. The van der Waals surface area contributed by atoms with Gasteiger partial charge in [-0.15, -0.1) is 0 Å². The average Bonchev–Trinajstić information content (AvgIpc) is 2.48. The van der Waals surface area contributed by atoms with Gasteiger partial charge in [0.15, 0.2) is 0 Å². The molecular weight excluding hydrogens is 298 g/mol. The number of rotatable bonds is 2. The van der Waals surface area contributed by atoms with Gasteiger partial charge in [-0.3, -0.25) is 4.90 Å². The van der Waals surface area contributed by atoms with Crippen molar-refractivity contribution in [3.05, 3.63) is 12.2 Å². The Labute approximate surface area is 117 Å². The molecule has 0 N–H and O–H groups in total. The lowest BCUT2D eigenvalue weighted by molar-refractivity contribution is -0.0610. The third-order valence-corrected chi connectivity index (χ3v) is 2.93. The van der Waals surface area contributed by atoms with E-state index in [-0.39, 0.29) is 12.1 Å². The third kappa shape index (κ3) is 3.99. The lowest BCUT2D eigenvalue weighted by Gasteiger charge is -2.34. The number of halogens is 1. The van der Waals surface area contributed by atoms with Crippen molar-refractivity contribution >= 4 is 22.0 Å². The number of hydrogen-bond donors (Lipinski definition) is 0. The van der Waals surface area contributed by atoms with Crippen molar-refractivity contribution < 1.29 is 14.3 Å². The second-order valence-corrected chi connectivity index (χ2v) is 6.41. The normalized spacial score (nSPS) is 23.7. The molecule has 0 aliphatic carbocycles. The third-order valence-electron chi connectivity index (χ3n) is 2.56. The summed E-state index contributed by atoms with van der Waals surface area (Å²) in [6.45, 7) is 9.82. The molecule has 1 aliphatic rings. The molecule has 1 atom stereocenters. The van der Waals surface area contributed by atoms with Crippen molar-refractivity contribution in [1.82, 2.24) is 4.90 Å². The van der Waals surface area contributed by atoms with Crippen LogP contribution in [0.25, 0.3) is 0 Å². The van der Waals surface area contributed by atoms with Crippen LogP contribution in [0, 0.1) is 0 Å². The first kappa shape index (κ1) is 15.5. The second-order valence-electron chi connectivity index (χ2n) is 5.76. The van der Waals surface area contributed by atoms with Gasteiger partial charge < -0.3 is 9.47 Å². The number of ether oxygens (including phenoxy) is 2. The molecule has 4 nitrogen and oxygen atoms in total. The van der Waals surface area contributed by atoms with Crippen LogP contribution < -0.4 is 0 Å². The Morgan fingerprint density at radius 2 is 2.17 bits per heavy atom. The van der Waals surface area contributed by atoms with Gasteiger partial charge >= 0.3 is 6.09 Å². The fourth-order valence-corrected chi connectivity index (χ4v) is 2.07. The van der Waals surface area contributed by atoms with Crippen molar-refractivity contribution in [2.45, 2.75) is 52.0 Å². The lowest BCUT2D eigenvalue weighted by Crippen LogP contribution is -2.49. The minimum Gasteiger partial charge on any atom is -0.444 e. The lowest BCUT2D eigenvalue weighted by atomic mass is 10.2. The van der Waals surface area contributed by atoms with Gasteiger partial charge in [-0.25, -0.2) is 4.79 Å². The Morgan fingerprint density at radius 3 is 2.67 bits per heavy atom. The number of alkyl halides is 1. The van der Waals surface area contributed by atoms with E-state index in [0.29, 0.717) is 6.61 Å². The quantitative estimate of drug-likeness (QED) is 0.579. The van der Waals surface area contributed by atoms with Crippen LogP contribution in [0.3, 0.4) is 0 Å².